The molecule has 2 saturated heterocycles. The summed E-state index contributed by atoms with van der Waals surface area (Å²) in [5, 5.41) is 12.4. The number of nitrogens with zero attached hydrogens (tertiary/aromatic N) is 2. The summed E-state index contributed by atoms with van der Waals surface area (Å²) in [6.45, 7) is 3.16. The van der Waals surface area contributed by atoms with Crippen LogP contribution >= 0.6 is 0 Å². The molecule has 2 aliphatic heterocycles. The molecule has 3 heterocycles. The summed E-state index contributed by atoms with van der Waals surface area (Å²) >= 11 is 0. The standard InChI is InChI=1S/C31H37N3O4/c35-22-23-8-10-24(11-9-23)29-19-28(21-34-17-4-2-1-3-5-18-34)37-31(38-29)25-12-14-27(15-13-25)33-30(36)26-7-6-16-32-20-26/h6-16,20,28-29,31,35H,1-5,17-19,21-22H2,(H,33,36). The van der Waals surface area contributed by atoms with Crippen LogP contribution in [-0.4, -0.2) is 46.6 Å². The van der Waals surface area contributed by atoms with Crippen LogP contribution in [0.25, 0.3) is 0 Å². The van der Waals surface area contributed by atoms with Crippen molar-refractivity contribution in [2.75, 3.05) is 25.0 Å². The highest BCUT2D eigenvalue weighted by Gasteiger charge is 2.33. The van der Waals surface area contributed by atoms with Gasteiger partial charge in [0.15, 0.2) is 6.29 Å². The minimum atomic E-state index is -0.505. The van der Waals surface area contributed by atoms with E-state index in [0.29, 0.717) is 11.3 Å². The zero-order valence-electron chi connectivity index (χ0n) is 21.8. The van der Waals surface area contributed by atoms with Gasteiger partial charge >= 0.3 is 0 Å². The lowest BCUT2D eigenvalue weighted by molar-refractivity contribution is -0.253. The first-order chi connectivity index (χ1) is 18.7. The number of hydrogen-bond donors (Lipinski definition) is 2. The van der Waals surface area contributed by atoms with E-state index in [1.165, 1.54) is 32.1 Å². The van der Waals surface area contributed by atoms with Crippen molar-refractivity contribution >= 4 is 11.6 Å². The molecule has 0 saturated carbocycles. The molecule has 0 radical (unpaired) electrons. The fourth-order valence-corrected chi connectivity index (χ4v) is 5.24. The zero-order chi connectivity index (χ0) is 26.2. The zero-order valence-corrected chi connectivity index (χ0v) is 21.8. The van der Waals surface area contributed by atoms with E-state index >= 15 is 0 Å². The molecule has 0 bridgehead atoms. The van der Waals surface area contributed by atoms with Gasteiger partial charge < -0.3 is 24.8 Å². The Balaban J connectivity index is 1.30. The minimum absolute atomic E-state index is 0.0266. The van der Waals surface area contributed by atoms with Crippen LogP contribution in [0.15, 0.2) is 73.1 Å². The first-order valence-corrected chi connectivity index (χ1v) is 13.7. The lowest BCUT2D eigenvalue weighted by Crippen LogP contribution is -2.40. The Morgan fingerprint density at radius 2 is 1.63 bits per heavy atom. The molecule has 0 aliphatic carbocycles. The van der Waals surface area contributed by atoms with Gasteiger partial charge in [0.25, 0.3) is 5.91 Å². The topological polar surface area (TPSA) is 83.9 Å². The van der Waals surface area contributed by atoms with E-state index in [-0.39, 0.29) is 24.7 Å². The van der Waals surface area contributed by atoms with E-state index in [1.807, 2.05) is 48.5 Å². The van der Waals surface area contributed by atoms with Crippen LogP contribution < -0.4 is 5.32 Å². The number of carbonyl (C=O) groups excluding carboxylic acids is 1. The Morgan fingerprint density at radius 1 is 0.921 bits per heavy atom. The van der Waals surface area contributed by atoms with Crippen LogP contribution in [-0.2, 0) is 16.1 Å². The Bertz CT molecular complexity index is 1150. The van der Waals surface area contributed by atoms with Gasteiger partial charge in [-0.3, -0.25) is 9.78 Å². The highest BCUT2D eigenvalue weighted by atomic mass is 16.7. The molecule has 5 rings (SSSR count). The summed E-state index contributed by atoms with van der Waals surface area (Å²) in [5.41, 5.74) is 4.11. The maximum atomic E-state index is 12.5. The highest BCUT2D eigenvalue weighted by molar-refractivity contribution is 6.03. The second-order valence-corrected chi connectivity index (χ2v) is 10.2. The van der Waals surface area contributed by atoms with Gasteiger partial charge in [0.2, 0.25) is 0 Å². The lowest BCUT2D eigenvalue weighted by atomic mass is 9.99. The van der Waals surface area contributed by atoms with Gasteiger partial charge in [-0.2, -0.15) is 0 Å². The Morgan fingerprint density at radius 3 is 2.32 bits per heavy atom. The summed E-state index contributed by atoms with van der Waals surface area (Å²) < 4.78 is 13.0. The maximum absolute atomic E-state index is 12.5. The number of carbonyl (C=O) groups is 1. The van der Waals surface area contributed by atoms with E-state index in [9.17, 15) is 9.90 Å². The molecule has 7 nitrogen and oxygen atoms in total. The molecular formula is C31H37N3O4. The molecule has 0 spiro atoms. The van der Waals surface area contributed by atoms with Gasteiger partial charge in [-0.05, 0) is 61.3 Å². The van der Waals surface area contributed by atoms with Crippen molar-refractivity contribution in [3.8, 4) is 0 Å². The largest absolute Gasteiger partial charge is 0.392 e. The number of nitrogens with one attached hydrogen (secondary N) is 1. The number of aliphatic hydroxyl groups is 1. The van der Waals surface area contributed by atoms with E-state index in [0.717, 1.165) is 42.7 Å². The van der Waals surface area contributed by atoms with Crippen molar-refractivity contribution < 1.29 is 19.4 Å². The van der Waals surface area contributed by atoms with Crippen LogP contribution in [0.1, 0.15) is 78.0 Å². The molecule has 3 unspecified atom stereocenters. The van der Waals surface area contributed by atoms with Gasteiger partial charge in [-0.15, -0.1) is 0 Å². The van der Waals surface area contributed by atoms with Crippen molar-refractivity contribution in [1.82, 2.24) is 9.88 Å². The third-order valence-electron chi connectivity index (χ3n) is 7.39. The Kier molecular flexibility index (Phi) is 9.15. The fraction of sp³-hybridized carbons (Fsp3) is 0.419. The quantitative estimate of drug-likeness (QED) is 0.424. The van der Waals surface area contributed by atoms with Crippen LogP contribution in [0.5, 0.6) is 0 Å². The van der Waals surface area contributed by atoms with Crippen molar-refractivity contribution in [3.63, 3.8) is 0 Å². The Hall–Kier alpha value is -3.10. The van der Waals surface area contributed by atoms with Gasteiger partial charge in [0, 0.05) is 36.6 Å². The number of amides is 1. The van der Waals surface area contributed by atoms with Gasteiger partial charge in [0.1, 0.15) is 0 Å². The predicted molar refractivity (Wildman–Crippen MR) is 147 cm³/mol. The molecular weight excluding hydrogens is 478 g/mol. The molecule has 2 fully saturated rings. The molecule has 38 heavy (non-hydrogen) atoms. The van der Waals surface area contributed by atoms with E-state index in [2.05, 4.69) is 15.2 Å². The van der Waals surface area contributed by atoms with Crippen LogP contribution in [0.4, 0.5) is 5.69 Å². The molecule has 3 aromatic rings. The van der Waals surface area contributed by atoms with E-state index < -0.39 is 6.29 Å². The SMILES string of the molecule is O=C(Nc1ccc(C2OC(CN3CCCCCCC3)CC(c3ccc(CO)cc3)O2)cc1)c1cccnc1. The molecule has 200 valence electrons. The third kappa shape index (κ3) is 7.05. The summed E-state index contributed by atoms with van der Waals surface area (Å²) in [7, 11) is 0. The average molecular weight is 516 g/mol. The number of pyridine rings is 1. The summed E-state index contributed by atoms with van der Waals surface area (Å²) in [6, 6.07) is 19.1. The average Bonchev–Trinajstić information content (AvgIpc) is 2.95. The number of likely N-dealkylation sites (tertiary alicyclic amines) is 1. The first kappa shape index (κ1) is 26.5. The lowest BCUT2D eigenvalue weighted by Gasteiger charge is -2.38. The number of anilines is 1. The number of rotatable bonds is 7. The molecule has 3 atom stereocenters. The van der Waals surface area contributed by atoms with Crippen LogP contribution in [0.2, 0.25) is 0 Å². The summed E-state index contributed by atoms with van der Waals surface area (Å²) in [5.74, 6) is -0.198. The maximum Gasteiger partial charge on any atom is 0.257 e. The number of hydrogen-bond acceptors (Lipinski definition) is 6. The monoisotopic (exact) mass is 515 g/mol. The smallest absolute Gasteiger partial charge is 0.257 e. The number of ether oxygens (including phenoxy) is 2. The first-order valence-electron chi connectivity index (χ1n) is 13.7. The highest BCUT2D eigenvalue weighted by Crippen LogP contribution is 2.38. The van der Waals surface area contributed by atoms with Crippen LogP contribution in [0, 0.1) is 0 Å². The number of aromatic nitrogens is 1. The molecule has 2 aromatic carbocycles. The predicted octanol–water partition coefficient (Wildman–Crippen LogP) is 5.64. The van der Waals surface area contributed by atoms with E-state index in [4.69, 9.17) is 9.47 Å². The van der Waals surface area contributed by atoms with Gasteiger partial charge in [-0.25, -0.2) is 0 Å². The molecule has 7 heteroatoms. The molecule has 1 aromatic heterocycles. The third-order valence-corrected chi connectivity index (χ3v) is 7.39. The van der Waals surface area contributed by atoms with Crippen LogP contribution in [0.3, 0.4) is 0 Å². The summed E-state index contributed by atoms with van der Waals surface area (Å²) in [4.78, 5) is 19.1. The number of aliphatic hydroxyl groups excluding tert-OH is 1. The van der Waals surface area contributed by atoms with Crippen molar-refractivity contribution in [2.45, 2.75) is 63.6 Å². The molecule has 1 amide bonds. The fourth-order valence-electron chi connectivity index (χ4n) is 5.24. The minimum Gasteiger partial charge on any atom is -0.392 e. The van der Waals surface area contributed by atoms with Gasteiger partial charge in [0.05, 0.1) is 24.4 Å². The molecule has 2 N–H and O–H groups in total. The van der Waals surface area contributed by atoms with Crippen molar-refractivity contribution in [2.24, 2.45) is 0 Å². The summed E-state index contributed by atoms with van der Waals surface area (Å²) in [6.07, 6.45) is 9.84. The van der Waals surface area contributed by atoms with E-state index in [1.54, 1.807) is 24.5 Å². The second-order valence-electron chi connectivity index (χ2n) is 10.2. The normalized spacial score (nSPS) is 22.8. The second kappa shape index (κ2) is 13.1. The van der Waals surface area contributed by atoms with Crippen molar-refractivity contribution in [3.05, 3.63) is 95.3 Å². The number of benzene rings is 2. The Labute approximate surface area is 224 Å². The van der Waals surface area contributed by atoms with Gasteiger partial charge in [-0.1, -0.05) is 55.7 Å². The van der Waals surface area contributed by atoms with Crippen molar-refractivity contribution in [1.29, 1.82) is 0 Å². The molecule has 2 aliphatic rings.